The Bertz CT molecular complexity index is 862. The fourth-order valence-electron chi connectivity index (χ4n) is 2.36. The lowest BCUT2D eigenvalue weighted by molar-refractivity contribution is -0.118. The number of amides is 1. The minimum atomic E-state index is -2.08. The molecule has 124 valence electrons. The van der Waals surface area contributed by atoms with Gasteiger partial charge in [-0.2, -0.15) is 0 Å². The third-order valence-electron chi connectivity index (χ3n) is 3.53. The van der Waals surface area contributed by atoms with Crippen LogP contribution in [0.2, 0.25) is 0 Å². The molecular weight excluding hydrogens is 333 g/mol. The maximum atomic E-state index is 12.7. The smallest absolute Gasteiger partial charge is 0.274 e. The van der Waals surface area contributed by atoms with Gasteiger partial charge in [-0.05, 0) is 35.9 Å². The highest BCUT2D eigenvalue weighted by molar-refractivity contribution is 6.31. The van der Waals surface area contributed by atoms with Crippen LogP contribution in [0.15, 0.2) is 42.5 Å². The van der Waals surface area contributed by atoms with Crippen LogP contribution in [-0.2, 0) is 11.2 Å². The summed E-state index contributed by atoms with van der Waals surface area (Å²) in [7, 11) is 1.62. The largest absolute Gasteiger partial charge is 0.497 e. The summed E-state index contributed by atoms with van der Waals surface area (Å²) in [5.74, 6) is 0.697. The van der Waals surface area contributed by atoms with E-state index in [2.05, 4.69) is 15.3 Å². The van der Waals surface area contributed by atoms with E-state index >= 15 is 0 Å². The van der Waals surface area contributed by atoms with E-state index in [1.165, 1.54) is 0 Å². The van der Waals surface area contributed by atoms with E-state index in [1.54, 1.807) is 25.3 Å². The Hall–Kier alpha value is -2.60. The number of methoxy groups -OCH3 is 1. The molecule has 3 aromatic rings. The van der Waals surface area contributed by atoms with Crippen LogP contribution < -0.4 is 10.1 Å². The van der Waals surface area contributed by atoms with E-state index < -0.39 is 11.5 Å². The van der Waals surface area contributed by atoms with Crippen LogP contribution in [0.3, 0.4) is 0 Å². The van der Waals surface area contributed by atoms with Gasteiger partial charge in [0.15, 0.2) is 0 Å². The van der Waals surface area contributed by atoms with Gasteiger partial charge in [0.05, 0.1) is 18.1 Å². The molecule has 3 rings (SSSR count). The molecule has 1 amide bonds. The number of nitrogens with zero attached hydrogens (tertiary/aromatic N) is 1. The highest BCUT2D eigenvalue weighted by atomic mass is 35.5. The lowest BCUT2D eigenvalue weighted by Gasteiger charge is -2.04. The van der Waals surface area contributed by atoms with E-state index in [1.807, 2.05) is 24.3 Å². The summed E-state index contributed by atoms with van der Waals surface area (Å²) in [5.41, 5.74) is 0.981. The number of hydrogen-bond acceptors (Lipinski definition) is 3. The predicted octanol–water partition coefficient (Wildman–Crippen LogP) is 3.64. The van der Waals surface area contributed by atoms with Crippen molar-refractivity contribution < 1.29 is 13.9 Å². The third-order valence-corrected chi connectivity index (χ3v) is 3.73. The highest BCUT2D eigenvalue weighted by Gasteiger charge is 2.13. The number of aromatic nitrogens is 2. The molecule has 1 aromatic heterocycles. The first-order valence-electron chi connectivity index (χ1n) is 7.26. The highest BCUT2D eigenvalue weighted by Crippen LogP contribution is 2.20. The number of hydrogen-bond donors (Lipinski definition) is 2. The zero-order valence-corrected chi connectivity index (χ0v) is 13.6. The summed E-state index contributed by atoms with van der Waals surface area (Å²) in [4.78, 5) is 19.0. The van der Waals surface area contributed by atoms with Crippen molar-refractivity contribution in [3.63, 3.8) is 0 Å². The number of benzene rings is 2. The Balaban J connectivity index is 1.78. The zero-order valence-electron chi connectivity index (χ0n) is 12.8. The van der Waals surface area contributed by atoms with E-state index in [-0.39, 0.29) is 0 Å². The minimum Gasteiger partial charge on any atom is -0.497 e. The summed E-state index contributed by atoms with van der Waals surface area (Å²) >= 11 is 5.10. The maximum absolute atomic E-state index is 12.7. The number of carbonyl (C=O) groups excluding carboxylic acids is 1. The second-order valence-corrected chi connectivity index (χ2v) is 5.61. The van der Waals surface area contributed by atoms with Gasteiger partial charge in [-0.15, -0.1) is 0 Å². The molecule has 1 atom stereocenters. The molecule has 0 spiro atoms. The summed E-state index contributed by atoms with van der Waals surface area (Å²) in [6.07, 6.45) is 0.634. The van der Waals surface area contributed by atoms with Crippen molar-refractivity contribution in [2.75, 3.05) is 12.4 Å². The van der Waals surface area contributed by atoms with Crippen molar-refractivity contribution in [3.8, 4) is 5.75 Å². The maximum Gasteiger partial charge on any atom is 0.274 e. The van der Waals surface area contributed by atoms with Crippen LogP contribution in [0, 0.1) is 0 Å². The SMILES string of the molecule is COc1ccc(Cc2nc3ccc(NC(=O)C(F)Cl)cc3[nH]2)cc1. The van der Waals surface area contributed by atoms with Crippen molar-refractivity contribution in [1.82, 2.24) is 9.97 Å². The Kier molecular flexibility index (Phi) is 4.66. The molecule has 5 nitrogen and oxygen atoms in total. The molecule has 0 aliphatic heterocycles. The standard InChI is InChI=1S/C17H15ClFN3O2/c1-24-12-5-2-10(3-6-12)8-15-21-13-7-4-11(9-14(13)22-15)20-17(23)16(18)19/h2-7,9,16H,8H2,1H3,(H,20,23)(H,21,22). The van der Waals surface area contributed by atoms with Gasteiger partial charge in [0.1, 0.15) is 11.6 Å². The zero-order chi connectivity index (χ0) is 17.1. The summed E-state index contributed by atoms with van der Waals surface area (Å²) in [6.45, 7) is 0. The Morgan fingerprint density at radius 2 is 2.08 bits per heavy atom. The number of carbonyl (C=O) groups is 1. The van der Waals surface area contributed by atoms with Gasteiger partial charge in [0, 0.05) is 12.1 Å². The lowest BCUT2D eigenvalue weighted by Crippen LogP contribution is -2.19. The molecule has 0 saturated carbocycles. The Morgan fingerprint density at radius 3 is 2.75 bits per heavy atom. The van der Waals surface area contributed by atoms with Crippen molar-refractivity contribution in [2.45, 2.75) is 12.1 Å². The van der Waals surface area contributed by atoms with Crippen LogP contribution in [0.4, 0.5) is 10.1 Å². The molecule has 24 heavy (non-hydrogen) atoms. The lowest BCUT2D eigenvalue weighted by atomic mass is 10.1. The van der Waals surface area contributed by atoms with E-state index in [4.69, 9.17) is 16.3 Å². The number of halogens is 2. The number of alkyl halides is 2. The molecule has 0 fully saturated rings. The van der Waals surface area contributed by atoms with Crippen molar-refractivity contribution >= 4 is 34.2 Å². The first-order chi connectivity index (χ1) is 11.5. The number of imidazole rings is 1. The molecule has 0 radical (unpaired) electrons. The minimum absolute atomic E-state index is 0.454. The predicted molar refractivity (Wildman–Crippen MR) is 91.3 cm³/mol. The Morgan fingerprint density at radius 1 is 1.33 bits per heavy atom. The number of rotatable bonds is 5. The van der Waals surface area contributed by atoms with Crippen LogP contribution in [0.1, 0.15) is 11.4 Å². The van der Waals surface area contributed by atoms with Gasteiger partial charge in [0.25, 0.3) is 11.5 Å². The number of ether oxygens (including phenoxy) is 1. The van der Waals surface area contributed by atoms with Crippen LogP contribution in [-0.4, -0.2) is 28.6 Å². The normalized spacial score (nSPS) is 12.1. The van der Waals surface area contributed by atoms with Gasteiger partial charge >= 0.3 is 0 Å². The number of anilines is 1. The number of nitrogens with one attached hydrogen (secondary N) is 2. The van der Waals surface area contributed by atoms with Crippen molar-refractivity contribution in [3.05, 3.63) is 53.9 Å². The third kappa shape index (κ3) is 3.65. The van der Waals surface area contributed by atoms with Gasteiger partial charge in [-0.1, -0.05) is 23.7 Å². The van der Waals surface area contributed by atoms with Crippen molar-refractivity contribution in [1.29, 1.82) is 0 Å². The second kappa shape index (κ2) is 6.88. The van der Waals surface area contributed by atoms with Gasteiger partial charge in [-0.3, -0.25) is 4.79 Å². The Labute approximate surface area is 142 Å². The van der Waals surface area contributed by atoms with Gasteiger partial charge in [-0.25, -0.2) is 9.37 Å². The fourth-order valence-corrected chi connectivity index (χ4v) is 2.41. The molecule has 0 bridgehead atoms. The summed E-state index contributed by atoms with van der Waals surface area (Å²) < 4.78 is 17.9. The molecule has 2 N–H and O–H groups in total. The number of aromatic amines is 1. The molecule has 2 aromatic carbocycles. The van der Waals surface area contributed by atoms with E-state index in [9.17, 15) is 9.18 Å². The summed E-state index contributed by atoms with van der Waals surface area (Å²) in [5, 5.41) is 2.40. The molecule has 1 unspecified atom stereocenters. The second-order valence-electron chi connectivity index (χ2n) is 5.23. The van der Waals surface area contributed by atoms with Crippen LogP contribution in [0.5, 0.6) is 5.75 Å². The van der Waals surface area contributed by atoms with Gasteiger partial charge in [0.2, 0.25) is 0 Å². The first kappa shape index (κ1) is 16.3. The molecule has 0 saturated heterocycles. The van der Waals surface area contributed by atoms with E-state index in [0.29, 0.717) is 12.1 Å². The number of fused-ring (bicyclic) bond motifs is 1. The van der Waals surface area contributed by atoms with Crippen molar-refractivity contribution in [2.24, 2.45) is 0 Å². The van der Waals surface area contributed by atoms with Crippen LogP contribution >= 0.6 is 11.6 Å². The number of H-pyrrole nitrogens is 1. The molecule has 0 aliphatic rings. The molecule has 1 heterocycles. The molecular formula is C17H15ClFN3O2. The van der Waals surface area contributed by atoms with Crippen LogP contribution in [0.25, 0.3) is 11.0 Å². The fraction of sp³-hybridized carbons (Fsp3) is 0.176. The topological polar surface area (TPSA) is 67.0 Å². The quantitative estimate of drug-likeness (QED) is 0.692. The monoisotopic (exact) mass is 347 g/mol. The summed E-state index contributed by atoms with van der Waals surface area (Å²) in [6, 6.07) is 12.8. The average Bonchev–Trinajstić information content (AvgIpc) is 2.97. The molecule has 0 aliphatic carbocycles. The van der Waals surface area contributed by atoms with Gasteiger partial charge < -0.3 is 15.0 Å². The molecule has 7 heteroatoms. The average molecular weight is 348 g/mol. The van der Waals surface area contributed by atoms with E-state index in [0.717, 1.165) is 28.2 Å². The first-order valence-corrected chi connectivity index (χ1v) is 7.69.